The molecule has 0 radical (unpaired) electrons. The number of hydrogen-bond donors (Lipinski definition) is 1. The number of carbonyl (C=O) groups excluding carboxylic acids is 1. The van der Waals surface area contributed by atoms with Gasteiger partial charge >= 0.3 is 0 Å². The van der Waals surface area contributed by atoms with E-state index in [-0.39, 0.29) is 24.5 Å². The molecule has 2 aliphatic heterocycles. The summed E-state index contributed by atoms with van der Waals surface area (Å²) in [5.74, 6) is 0.709. The van der Waals surface area contributed by atoms with Gasteiger partial charge in [0.1, 0.15) is 18.3 Å². The first-order chi connectivity index (χ1) is 8.81. The maximum absolute atomic E-state index is 12.5. The molecule has 2 atom stereocenters. The quantitative estimate of drug-likeness (QED) is 0.852. The van der Waals surface area contributed by atoms with Crippen molar-refractivity contribution in [1.29, 1.82) is 0 Å². The fourth-order valence-corrected chi connectivity index (χ4v) is 2.88. The number of carbonyl (C=O) groups is 1. The second-order valence-electron chi connectivity index (χ2n) is 4.91. The average Bonchev–Trinajstić information content (AvgIpc) is 3.04. The van der Waals surface area contributed by atoms with Gasteiger partial charge in [-0.25, -0.2) is 0 Å². The first-order valence-corrected chi connectivity index (χ1v) is 6.44. The molecule has 1 aromatic carbocycles. The Morgan fingerprint density at radius 2 is 2.28 bits per heavy atom. The first-order valence-electron chi connectivity index (χ1n) is 6.44. The molecule has 18 heavy (non-hydrogen) atoms. The van der Waals surface area contributed by atoms with E-state index in [0.717, 1.165) is 30.7 Å². The van der Waals surface area contributed by atoms with Crippen LogP contribution >= 0.6 is 0 Å². The molecule has 4 nitrogen and oxygen atoms in total. The number of hydrogen-bond acceptors (Lipinski definition) is 3. The predicted octanol–water partition coefficient (Wildman–Crippen LogP) is 1.15. The van der Waals surface area contributed by atoms with Gasteiger partial charge in [-0.15, -0.1) is 0 Å². The molecule has 1 N–H and O–H groups in total. The number of nitrogens with zero attached hydrogens (tertiary/aromatic N) is 1. The summed E-state index contributed by atoms with van der Waals surface area (Å²) < 4.78 is 5.55. The summed E-state index contributed by atoms with van der Waals surface area (Å²) in [5, 5.41) is 9.30. The van der Waals surface area contributed by atoms with Crippen LogP contribution in [-0.4, -0.2) is 41.7 Å². The van der Waals surface area contributed by atoms with Crippen LogP contribution in [0, 0.1) is 0 Å². The number of ether oxygens (including phenoxy) is 1. The molecule has 4 heteroatoms. The van der Waals surface area contributed by atoms with Crippen LogP contribution in [0.15, 0.2) is 24.3 Å². The van der Waals surface area contributed by atoms with Crippen molar-refractivity contribution < 1.29 is 14.6 Å². The summed E-state index contributed by atoms with van der Waals surface area (Å²) in [7, 11) is 0. The lowest BCUT2D eigenvalue weighted by Crippen LogP contribution is -2.41. The first kappa shape index (κ1) is 11.5. The van der Waals surface area contributed by atoms with Crippen molar-refractivity contribution in [2.45, 2.75) is 24.8 Å². The van der Waals surface area contributed by atoms with Crippen molar-refractivity contribution in [3.8, 4) is 5.75 Å². The predicted molar refractivity (Wildman–Crippen MR) is 66.5 cm³/mol. The molecule has 3 rings (SSSR count). The minimum absolute atomic E-state index is 0.00902. The van der Waals surface area contributed by atoms with Gasteiger partial charge < -0.3 is 14.7 Å². The zero-order chi connectivity index (χ0) is 12.5. The van der Waals surface area contributed by atoms with Crippen LogP contribution < -0.4 is 4.74 Å². The molecule has 1 saturated heterocycles. The van der Waals surface area contributed by atoms with E-state index in [1.54, 1.807) is 0 Å². The highest BCUT2D eigenvalue weighted by Gasteiger charge is 2.37. The molecule has 0 aromatic heterocycles. The van der Waals surface area contributed by atoms with Gasteiger partial charge in [-0.1, -0.05) is 18.2 Å². The van der Waals surface area contributed by atoms with Crippen molar-refractivity contribution in [1.82, 2.24) is 4.90 Å². The number of para-hydroxylation sites is 1. The number of rotatable bonds is 2. The number of likely N-dealkylation sites (tertiary alicyclic amines) is 1. The molecule has 0 aliphatic carbocycles. The van der Waals surface area contributed by atoms with Gasteiger partial charge in [-0.2, -0.15) is 0 Å². The largest absolute Gasteiger partial charge is 0.492 e. The van der Waals surface area contributed by atoms with Crippen molar-refractivity contribution in [3.05, 3.63) is 29.8 Å². The lowest BCUT2D eigenvalue weighted by atomic mass is 9.99. The highest BCUT2D eigenvalue weighted by atomic mass is 16.5. The monoisotopic (exact) mass is 247 g/mol. The molecule has 1 fully saturated rings. The molecule has 0 bridgehead atoms. The minimum atomic E-state index is -0.201. The Hall–Kier alpha value is -1.55. The van der Waals surface area contributed by atoms with Crippen molar-refractivity contribution in [3.63, 3.8) is 0 Å². The molecule has 0 saturated carbocycles. The normalized spacial score (nSPS) is 25.9. The van der Waals surface area contributed by atoms with Crippen LogP contribution in [0.4, 0.5) is 0 Å². The second kappa shape index (κ2) is 4.61. The van der Waals surface area contributed by atoms with E-state index < -0.39 is 0 Å². The minimum Gasteiger partial charge on any atom is -0.492 e. The summed E-state index contributed by atoms with van der Waals surface area (Å²) >= 11 is 0. The van der Waals surface area contributed by atoms with Crippen molar-refractivity contribution in [2.75, 3.05) is 19.8 Å². The van der Waals surface area contributed by atoms with Crippen LogP contribution in [0.1, 0.15) is 24.3 Å². The Kier molecular flexibility index (Phi) is 2.96. The van der Waals surface area contributed by atoms with Crippen LogP contribution in [0.3, 0.4) is 0 Å². The number of fused-ring (bicyclic) bond motifs is 1. The van der Waals surface area contributed by atoms with E-state index >= 15 is 0 Å². The highest BCUT2D eigenvalue weighted by Crippen LogP contribution is 2.35. The Bertz CT molecular complexity index is 460. The molecule has 2 heterocycles. The Morgan fingerprint density at radius 3 is 3.11 bits per heavy atom. The van der Waals surface area contributed by atoms with Gasteiger partial charge in [0, 0.05) is 12.1 Å². The van der Waals surface area contributed by atoms with Crippen molar-refractivity contribution >= 4 is 5.91 Å². The summed E-state index contributed by atoms with van der Waals surface area (Å²) in [6, 6.07) is 7.69. The number of aliphatic hydroxyl groups excluding tert-OH is 1. The van der Waals surface area contributed by atoms with E-state index in [1.807, 2.05) is 29.2 Å². The van der Waals surface area contributed by atoms with Gasteiger partial charge in [0.05, 0.1) is 12.6 Å². The number of aliphatic hydroxyl groups is 1. The molecular formula is C14H17NO3. The maximum atomic E-state index is 12.5. The molecule has 1 unspecified atom stereocenters. The summed E-state index contributed by atoms with van der Waals surface area (Å²) in [5.41, 5.74) is 0.978. The zero-order valence-corrected chi connectivity index (χ0v) is 10.2. The summed E-state index contributed by atoms with van der Waals surface area (Å²) in [4.78, 5) is 14.3. The standard InChI is InChI=1S/C14H17NO3/c16-8-10-4-3-7-15(10)14(17)12-9-18-13-6-2-1-5-11(12)13/h1-2,5-6,10,12,16H,3-4,7-9H2/t10-,12?/m1/s1. The lowest BCUT2D eigenvalue weighted by molar-refractivity contribution is -0.134. The maximum Gasteiger partial charge on any atom is 0.234 e. The molecular weight excluding hydrogens is 230 g/mol. The second-order valence-corrected chi connectivity index (χ2v) is 4.91. The third-order valence-electron chi connectivity index (χ3n) is 3.87. The fourth-order valence-electron chi connectivity index (χ4n) is 2.88. The van der Waals surface area contributed by atoms with Crippen molar-refractivity contribution in [2.24, 2.45) is 0 Å². The number of benzene rings is 1. The van der Waals surface area contributed by atoms with Crippen LogP contribution in [-0.2, 0) is 4.79 Å². The molecule has 0 spiro atoms. The SMILES string of the molecule is O=C(C1COc2ccccc21)N1CCC[C@@H]1CO. The Morgan fingerprint density at radius 1 is 1.44 bits per heavy atom. The van der Waals surface area contributed by atoms with Gasteiger partial charge in [0.2, 0.25) is 5.91 Å². The molecule has 1 amide bonds. The molecule has 2 aliphatic rings. The van der Waals surface area contributed by atoms with E-state index in [1.165, 1.54) is 0 Å². The van der Waals surface area contributed by atoms with E-state index in [2.05, 4.69) is 0 Å². The van der Waals surface area contributed by atoms with E-state index in [4.69, 9.17) is 4.74 Å². The van der Waals surface area contributed by atoms with Crippen LogP contribution in [0.5, 0.6) is 5.75 Å². The molecule has 96 valence electrons. The van der Waals surface area contributed by atoms with Gasteiger partial charge in [-0.05, 0) is 18.9 Å². The lowest BCUT2D eigenvalue weighted by Gasteiger charge is -2.25. The highest BCUT2D eigenvalue weighted by molar-refractivity contribution is 5.86. The van der Waals surface area contributed by atoms with E-state index in [9.17, 15) is 9.90 Å². The summed E-state index contributed by atoms with van der Waals surface area (Å²) in [6.45, 7) is 1.23. The number of amides is 1. The van der Waals surface area contributed by atoms with Crippen LogP contribution in [0.25, 0.3) is 0 Å². The van der Waals surface area contributed by atoms with Gasteiger partial charge in [-0.3, -0.25) is 4.79 Å². The van der Waals surface area contributed by atoms with Gasteiger partial charge in [0.25, 0.3) is 0 Å². The Balaban J connectivity index is 1.82. The third kappa shape index (κ3) is 1.77. The fraction of sp³-hybridized carbons (Fsp3) is 0.500. The Labute approximate surface area is 106 Å². The zero-order valence-electron chi connectivity index (χ0n) is 10.2. The average molecular weight is 247 g/mol. The van der Waals surface area contributed by atoms with Gasteiger partial charge in [0.15, 0.2) is 0 Å². The smallest absolute Gasteiger partial charge is 0.234 e. The topological polar surface area (TPSA) is 49.8 Å². The third-order valence-corrected chi connectivity index (χ3v) is 3.87. The molecule has 1 aromatic rings. The van der Waals surface area contributed by atoms with E-state index in [0.29, 0.717) is 6.61 Å². The summed E-state index contributed by atoms with van der Waals surface area (Å²) in [6.07, 6.45) is 1.88. The van der Waals surface area contributed by atoms with Crippen LogP contribution in [0.2, 0.25) is 0 Å².